The Balaban J connectivity index is 2.11. The topological polar surface area (TPSA) is 59.1 Å². The minimum atomic E-state index is 0.439. The molecule has 1 aliphatic carbocycles. The van der Waals surface area contributed by atoms with E-state index >= 15 is 0 Å². The fourth-order valence-electron chi connectivity index (χ4n) is 1.67. The van der Waals surface area contributed by atoms with Crippen LogP contribution in [0.15, 0.2) is 6.33 Å². The number of hydrogen-bond acceptors (Lipinski definition) is 5. The van der Waals surface area contributed by atoms with Gasteiger partial charge < -0.3 is 15.4 Å². The number of nitrogens with zero attached hydrogens (tertiary/aromatic N) is 2. The first-order valence-corrected chi connectivity index (χ1v) is 6.05. The van der Waals surface area contributed by atoms with Crippen molar-refractivity contribution >= 4 is 11.6 Å². The van der Waals surface area contributed by atoms with Gasteiger partial charge in [0.2, 0.25) is 5.75 Å². The molecule has 0 radical (unpaired) electrons. The van der Waals surface area contributed by atoms with E-state index in [0.717, 1.165) is 24.7 Å². The highest BCUT2D eigenvalue weighted by atomic mass is 16.5. The maximum absolute atomic E-state index is 5.36. The summed E-state index contributed by atoms with van der Waals surface area (Å²) in [5.74, 6) is 2.21. The van der Waals surface area contributed by atoms with Gasteiger partial charge in [-0.25, -0.2) is 9.97 Å². The minimum absolute atomic E-state index is 0.439. The van der Waals surface area contributed by atoms with Crippen LogP contribution in [0.3, 0.4) is 0 Å². The van der Waals surface area contributed by atoms with Crippen LogP contribution in [0.1, 0.15) is 26.7 Å². The number of ether oxygens (including phenoxy) is 1. The minimum Gasteiger partial charge on any atom is -0.490 e. The standard InChI is InChI=1S/C12H20N4O/c1-4-13-10-9(17-3)11(16-8-15-10)14-7-12(2)5-6-12/h8H,4-7H2,1-3H3,(H2,13,14,15,16). The van der Waals surface area contributed by atoms with Gasteiger partial charge >= 0.3 is 0 Å². The number of aromatic nitrogens is 2. The van der Waals surface area contributed by atoms with Gasteiger partial charge in [0.05, 0.1) is 7.11 Å². The largest absolute Gasteiger partial charge is 0.490 e. The predicted octanol–water partition coefficient (Wildman–Crippen LogP) is 2.13. The van der Waals surface area contributed by atoms with Gasteiger partial charge in [-0.1, -0.05) is 6.92 Å². The zero-order valence-corrected chi connectivity index (χ0v) is 10.7. The van der Waals surface area contributed by atoms with Crippen LogP contribution in [0.25, 0.3) is 0 Å². The van der Waals surface area contributed by atoms with Crippen LogP contribution in [-0.2, 0) is 0 Å². The first-order valence-electron chi connectivity index (χ1n) is 6.05. The Morgan fingerprint density at radius 1 is 1.29 bits per heavy atom. The van der Waals surface area contributed by atoms with E-state index in [2.05, 4.69) is 27.5 Å². The third-order valence-corrected chi connectivity index (χ3v) is 3.14. The summed E-state index contributed by atoms with van der Waals surface area (Å²) in [5.41, 5.74) is 0.439. The highest BCUT2D eigenvalue weighted by Crippen LogP contribution is 2.45. The zero-order valence-electron chi connectivity index (χ0n) is 10.7. The number of rotatable bonds is 6. The summed E-state index contributed by atoms with van der Waals surface area (Å²) in [6.07, 6.45) is 4.12. The highest BCUT2D eigenvalue weighted by molar-refractivity contribution is 5.63. The second-order valence-electron chi connectivity index (χ2n) is 4.80. The number of anilines is 2. The fraction of sp³-hybridized carbons (Fsp3) is 0.667. The molecule has 0 bridgehead atoms. The van der Waals surface area contributed by atoms with Crippen LogP contribution < -0.4 is 15.4 Å². The van der Waals surface area contributed by atoms with E-state index in [9.17, 15) is 0 Å². The Kier molecular flexibility index (Phi) is 3.36. The van der Waals surface area contributed by atoms with Crippen molar-refractivity contribution in [2.75, 3.05) is 30.8 Å². The highest BCUT2D eigenvalue weighted by Gasteiger charge is 2.37. The van der Waals surface area contributed by atoms with Crippen molar-refractivity contribution in [3.8, 4) is 5.75 Å². The quantitative estimate of drug-likeness (QED) is 0.792. The maximum Gasteiger partial charge on any atom is 0.204 e. The molecule has 1 aromatic rings. The Labute approximate surface area is 102 Å². The van der Waals surface area contributed by atoms with E-state index < -0.39 is 0 Å². The van der Waals surface area contributed by atoms with Crippen LogP contribution in [-0.4, -0.2) is 30.2 Å². The Hall–Kier alpha value is -1.52. The van der Waals surface area contributed by atoms with Crippen molar-refractivity contribution < 1.29 is 4.74 Å². The van der Waals surface area contributed by atoms with Crippen molar-refractivity contribution in [1.29, 1.82) is 0 Å². The fourth-order valence-corrected chi connectivity index (χ4v) is 1.67. The van der Waals surface area contributed by atoms with Crippen LogP contribution in [0.4, 0.5) is 11.6 Å². The van der Waals surface area contributed by atoms with E-state index in [0.29, 0.717) is 11.2 Å². The lowest BCUT2D eigenvalue weighted by Gasteiger charge is -2.15. The number of hydrogen-bond donors (Lipinski definition) is 2. The van der Waals surface area contributed by atoms with Crippen molar-refractivity contribution in [2.24, 2.45) is 5.41 Å². The van der Waals surface area contributed by atoms with Crippen LogP contribution >= 0.6 is 0 Å². The van der Waals surface area contributed by atoms with Gasteiger partial charge in [0.25, 0.3) is 0 Å². The van der Waals surface area contributed by atoms with E-state index in [1.165, 1.54) is 12.8 Å². The van der Waals surface area contributed by atoms with E-state index in [1.54, 1.807) is 13.4 Å². The Bertz CT molecular complexity index is 390. The molecule has 5 heteroatoms. The second-order valence-corrected chi connectivity index (χ2v) is 4.80. The van der Waals surface area contributed by atoms with Crippen molar-refractivity contribution in [2.45, 2.75) is 26.7 Å². The maximum atomic E-state index is 5.36. The summed E-state index contributed by atoms with van der Waals surface area (Å²) in [5, 5.41) is 6.51. The third kappa shape index (κ3) is 2.78. The molecule has 5 nitrogen and oxygen atoms in total. The second kappa shape index (κ2) is 4.77. The van der Waals surface area contributed by atoms with Gasteiger partial charge in [-0.2, -0.15) is 0 Å². The molecule has 0 amide bonds. The molecule has 0 spiro atoms. The molecular weight excluding hydrogens is 216 g/mol. The molecule has 94 valence electrons. The van der Waals surface area contributed by atoms with E-state index in [4.69, 9.17) is 4.74 Å². The van der Waals surface area contributed by atoms with Crippen LogP contribution in [0, 0.1) is 5.41 Å². The van der Waals surface area contributed by atoms with Crippen molar-refractivity contribution in [3.05, 3.63) is 6.33 Å². The van der Waals surface area contributed by atoms with Crippen molar-refractivity contribution in [1.82, 2.24) is 9.97 Å². The van der Waals surface area contributed by atoms with Gasteiger partial charge in [-0.3, -0.25) is 0 Å². The summed E-state index contributed by atoms with van der Waals surface area (Å²) in [7, 11) is 1.64. The Morgan fingerprint density at radius 3 is 2.47 bits per heavy atom. The van der Waals surface area contributed by atoms with Gasteiger partial charge in [-0.05, 0) is 25.2 Å². The molecule has 1 aliphatic rings. The molecule has 0 unspecified atom stereocenters. The van der Waals surface area contributed by atoms with Crippen LogP contribution in [0.5, 0.6) is 5.75 Å². The van der Waals surface area contributed by atoms with Crippen molar-refractivity contribution in [3.63, 3.8) is 0 Å². The first-order chi connectivity index (χ1) is 8.18. The first kappa shape index (κ1) is 12.0. The monoisotopic (exact) mass is 236 g/mol. The SMILES string of the molecule is CCNc1ncnc(NCC2(C)CC2)c1OC. The molecule has 0 atom stereocenters. The molecule has 0 aliphatic heterocycles. The molecule has 1 heterocycles. The summed E-state index contributed by atoms with van der Waals surface area (Å²) >= 11 is 0. The van der Waals surface area contributed by atoms with E-state index in [1.807, 2.05) is 6.92 Å². The molecule has 0 saturated heterocycles. The van der Waals surface area contributed by atoms with Gasteiger partial charge in [0.15, 0.2) is 11.6 Å². The molecule has 1 saturated carbocycles. The lowest BCUT2D eigenvalue weighted by atomic mass is 10.1. The van der Waals surface area contributed by atoms with Gasteiger partial charge in [0.1, 0.15) is 6.33 Å². The Morgan fingerprint density at radius 2 is 1.94 bits per heavy atom. The van der Waals surface area contributed by atoms with Gasteiger partial charge in [-0.15, -0.1) is 0 Å². The smallest absolute Gasteiger partial charge is 0.204 e. The lowest BCUT2D eigenvalue weighted by Crippen LogP contribution is -2.14. The molecule has 2 N–H and O–H groups in total. The summed E-state index contributed by atoms with van der Waals surface area (Å²) in [4.78, 5) is 8.41. The molecular formula is C12H20N4O. The lowest BCUT2D eigenvalue weighted by molar-refractivity contribution is 0.414. The third-order valence-electron chi connectivity index (χ3n) is 3.14. The van der Waals surface area contributed by atoms with Crippen LogP contribution in [0.2, 0.25) is 0 Å². The molecule has 17 heavy (non-hydrogen) atoms. The average molecular weight is 236 g/mol. The zero-order chi connectivity index (χ0) is 12.3. The summed E-state index contributed by atoms with van der Waals surface area (Å²) in [6.45, 7) is 6.05. The summed E-state index contributed by atoms with van der Waals surface area (Å²) in [6, 6.07) is 0. The molecule has 1 fully saturated rings. The normalized spacial score (nSPS) is 16.4. The predicted molar refractivity (Wildman–Crippen MR) is 68.6 cm³/mol. The number of methoxy groups -OCH3 is 1. The number of nitrogens with one attached hydrogen (secondary N) is 2. The molecule has 1 aromatic heterocycles. The molecule has 0 aromatic carbocycles. The van der Waals surface area contributed by atoms with E-state index in [-0.39, 0.29) is 0 Å². The summed E-state index contributed by atoms with van der Waals surface area (Å²) < 4.78 is 5.36. The van der Waals surface area contributed by atoms with Gasteiger partial charge in [0, 0.05) is 13.1 Å². The average Bonchev–Trinajstić information content (AvgIpc) is 3.06. The molecule has 2 rings (SSSR count).